The summed E-state index contributed by atoms with van der Waals surface area (Å²) in [4.78, 5) is 25.7. The van der Waals surface area contributed by atoms with Crippen molar-refractivity contribution in [1.29, 1.82) is 0 Å². The van der Waals surface area contributed by atoms with Crippen LogP contribution in [0.1, 0.15) is 38.5 Å². The first-order valence-electron chi connectivity index (χ1n) is 7.61. The van der Waals surface area contributed by atoms with Crippen LogP contribution in [0.4, 0.5) is 0 Å². The average Bonchev–Trinajstić information content (AvgIpc) is 2.97. The van der Waals surface area contributed by atoms with Crippen molar-refractivity contribution < 1.29 is 14.3 Å². The lowest BCUT2D eigenvalue weighted by Gasteiger charge is -2.26. The van der Waals surface area contributed by atoms with Gasteiger partial charge >= 0.3 is 0 Å². The van der Waals surface area contributed by atoms with E-state index >= 15 is 0 Å². The SMILES string of the molecule is NCC1CCC(C(=O)NCCC(=O)N2CCCCC2)O1. The molecule has 0 aliphatic carbocycles. The number of piperidine rings is 1. The van der Waals surface area contributed by atoms with Crippen molar-refractivity contribution >= 4 is 11.8 Å². The maximum Gasteiger partial charge on any atom is 0.249 e. The molecule has 6 heteroatoms. The smallest absolute Gasteiger partial charge is 0.249 e. The van der Waals surface area contributed by atoms with E-state index in [2.05, 4.69) is 5.32 Å². The van der Waals surface area contributed by atoms with Crippen LogP contribution in [0.3, 0.4) is 0 Å². The molecular formula is C14H25N3O3. The Morgan fingerprint density at radius 2 is 1.95 bits per heavy atom. The second-order valence-electron chi connectivity index (χ2n) is 5.54. The molecule has 2 fully saturated rings. The molecule has 0 saturated carbocycles. The summed E-state index contributed by atoms with van der Waals surface area (Å²) >= 11 is 0. The van der Waals surface area contributed by atoms with E-state index in [9.17, 15) is 9.59 Å². The molecule has 2 unspecified atom stereocenters. The van der Waals surface area contributed by atoms with Crippen LogP contribution in [0, 0.1) is 0 Å². The minimum absolute atomic E-state index is 0.000678. The Balaban J connectivity index is 1.62. The number of nitrogens with zero attached hydrogens (tertiary/aromatic N) is 1. The summed E-state index contributed by atoms with van der Waals surface area (Å²) in [5, 5.41) is 2.79. The van der Waals surface area contributed by atoms with Gasteiger partial charge in [0, 0.05) is 32.6 Å². The zero-order valence-corrected chi connectivity index (χ0v) is 12.0. The summed E-state index contributed by atoms with van der Waals surface area (Å²) in [6.07, 6.45) is 4.92. The van der Waals surface area contributed by atoms with Gasteiger partial charge in [-0.2, -0.15) is 0 Å². The molecule has 0 aromatic rings. The molecule has 0 radical (unpaired) electrons. The predicted molar refractivity (Wildman–Crippen MR) is 75.0 cm³/mol. The van der Waals surface area contributed by atoms with Crippen LogP contribution in [0.25, 0.3) is 0 Å². The van der Waals surface area contributed by atoms with Gasteiger partial charge in [-0.3, -0.25) is 9.59 Å². The third-order valence-corrected chi connectivity index (χ3v) is 4.01. The number of ether oxygens (including phenoxy) is 1. The third-order valence-electron chi connectivity index (χ3n) is 4.01. The molecule has 3 N–H and O–H groups in total. The Labute approximate surface area is 120 Å². The number of rotatable bonds is 5. The standard InChI is InChI=1S/C14H25N3O3/c15-10-11-4-5-12(20-11)14(19)16-7-6-13(18)17-8-2-1-3-9-17/h11-12H,1-10,15H2,(H,16,19). The second-order valence-corrected chi connectivity index (χ2v) is 5.54. The van der Waals surface area contributed by atoms with Crippen molar-refractivity contribution in [3.8, 4) is 0 Å². The summed E-state index contributed by atoms with van der Waals surface area (Å²) in [6.45, 7) is 2.56. The van der Waals surface area contributed by atoms with Gasteiger partial charge in [-0.15, -0.1) is 0 Å². The number of hydrogen-bond donors (Lipinski definition) is 2. The molecule has 0 spiro atoms. The fraction of sp³-hybridized carbons (Fsp3) is 0.857. The first-order valence-corrected chi connectivity index (χ1v) is 7.61. The quantitative estimate of drug-likeness (QED) is 0.744. The largest absolute Gasteiger partial charge is 0.364 e. The maximum atomic E-state index is 11.9. The molecule has 20 heavy (non-hydrogen) atoms. The number of hydrogen-bond acceptors (Lipinski definition) is 4. The highest BCUT2D eigenvalue weighted by atomic mass is 16.5. The monoisotopic (exact) mass is 283 g/mol. The first-order chi connectivity index (χ1) is 9.70. The van der Waals surface area contributed by atoms with Gasteiger partial charge < -0.3 is 20.7 Å². The molecule has 2 aliphatic rings. The highest BCUT2D eigenvalue weighted by Gasteiger charge is 2.29. The highest BCUT2D eigenvalue weighted by Crippen LogP contribution is 2.18. The molecule has 2 rings (SSSR count). The van der Waals surface area contributed by atoms with Gasteiger partial charge in [0.25, 0.3) is 0 Å². The van der Waals surface area contributed by atoms with Gasteiger partial charge in [0.2, 0.25) is 11.8 Å². The Hall–Kier alpha value is -1.14. The fourth-order valence-corrected chi connectivity index (χ4v) is 2.78. The molecule has 0 aromatic carbocycles. The lowest BCUT2D eigenvalue weighted by Crippen LogP contribution is -2.40. The van der Waals surface area contributed by atoms with Crippen LogP contribution < -0.4 is 11.1 Å². The number of carbonyl (C=O) groups excluding carboxylic acids is 2. The van der Waals surface area contributed by atoms with Gasteiger partial charge in [0.15, 0.2) is 0 Å². The van der Waals surface area contributed by atoms with Crippen LogP contribution in [-0.2, 0) is 14.3 Å². The number of carbonyl (C=O) groups is 2. The molecule has 2 aliphatic heterocycles. The summed E-state index contributed by atoms with van der Waals surface area (Å²) in [6, 6.07) is 0. The average molecular weight is 283 g/mol. The van der Waals surface area contributed by atoms with Crippen molar-refractivity contribution in [2.75, 3.05) is 26.2 Å². The van der Waals surface area contributed by atoms with Gasteiger partial charge in [-0.1, -0.05) is 0 Å². The van der Waals surface area contributed by atoms with Crippen LogP contribution in [-0.4, -0.2) is 55.1 Å². The molecule has 6 nitrogen and oxygen atoms in total. The van der Waals surface area contributed by atoms with E-state index in [4.69, 9.17) is 10.5 Å². The normalized spacial score (nSPS) is 26.6. The number of nitrogens with one attached hydrogen (secondary N) is 1. The molecule has 2 heterocycles. The Kier molecular flexibility index (Phi) is 5.79. The fourth-order valence-electron chi connectivity index (χ4n) is 2.78. The lowest BCUT2D eigenvalue weighted by molar-refractivity contribution is -0.133. The van der Waals surface area contributed by atoms with Gasteiger partial charge in [-0.25, -0.2) is 0 Å². The lowest BCUT2D eigenvalue weighted by atomic mass is 10.1. The van der Waals surface area contributed by atoms with Crippen molar-refractivity contribution in [1.82, 2.24) is 10.2 Å². The molecule has 2 atom stereocenters. The summed E-state index contributed by atoms with van der Waals surface area (Å²) in [5.74, 6) is 0.0181. The van der Waals surface area contributed by atoms with Crippen LogP contribution in [0.15, 0.2) is 0 Å². The molecule has 2 saturated heterocycles. The zero-order chi connectivity index (χ0) is 14.4. The Bertz CT molecular complexity index is 343. The minimum atomic E-state index is -0.395. The summed E-state index contributed by atoms with van der Waals surface area (Å²) < 4.78 is 5.51. The van der Waals surface area contributed by atoms with Crippen molar-refractivity contribution in [3.63, 3.8) is 0 Å². The summed E-state index contributed by atoms with van der Waals surface area (Å²) in [7, 11) is 0. The minimum Gasteiger partial charge on any atom is -0.364 e. The second kappa shape index (κ2) is 7.59. The van der Waals surface area contributed by atoms with Crippen molar-refractivity contribution in [2.24, 2.45) is 5.73 Å². The third kappa shape index (κ3) is 4.18. The molecule has 2 amide bonds. The van der Waals surface area contributed by atoms with E-state index in [0.717, 1.165) is 32.4 Å². The molecular weight excluding hydrogens is 258 g/mol. The van der Waals surface area contributed by atoms with E-state index in [1.165, 1.54) is 6.42 Å². The predicted octanol–water partition coefficient (Wildman–Crippen LogP) is 0.0115. The van der Waals surface area contributed by atoms with Crippen LogP contribution >= 0.6 is 0 Å². The van der Waals surface area contributed by atoms with E-state index in [1.54, 1.807) is 0 Å². The van der Waals surface area contributed by atoms with Gasteiger partial charge in [0.05, 0.1) is 6.10 Å². The topological polar surface area (TPSA) is 84.7 Å². The molecule has 0 bridgehead atoms. The van der Waals surface area contributed by atoms with Crippen LogP contribution in [0.5, 0.6) is 0 Å². The van der Waals surface area contributed by atoms with E-state index in [1.807, 2.05) is 4.90 Å². The van der Waals surface area contributed by atoms with E-state index in [-0.39, 0.29) is 17.9 Å². The Morgan fingerprint density at radius 1 is 1.20 bits per heavy atom. The van der Waals surface area contributed by atoms with E-state index < -0.39 is 6.10 Å². The number of likely N-dealkylation sites (tertiary alicyclic amines) is 1. The van der Waals surface area contributed by atoms with Gasteiger partial charge in [0.1, 0.15) is 6.10 Å². The Morgan fingerprint density at radius 3 is 2.60 bits per heavy atom. The number of nitrogens with two attached hydrogens (primary N) is 1. The highest BCUT2D eigenvalue weighted by molar-refractivity contribution is 5.82. The molecule has 0 aromatic heterocycles. The van der Waals surface area contributed by atoms with Crippen molar-refractivity contribution in [2.45, 2.75) is 50.7 Å². The van der Waals surface area contributed by atoms with Crippen molar-refractivity contribution in [3.05, 3.63) is 0 Å². The zero-order valence-electron chi connectivity index (χ0n) is 12.0. The maximum absolute atomic E-state index is 11.9. The summed E-state index contributed by atoms with van der Waals surface area (Å²) in [5.41, 5.74) is 5.51. The number of amides is 2. The van der Waals surface area contributed by atoms with Crippen LogP contribution in [0.2, 0.25) is 0 Å². The van der Waals surface area contributed by atoms with E-state index in [0.29, 0.717) is 25.9 Å². The molecule has 114 valence electrons. The first kappa shape index (κ1) is 15.3. The van der Waals surface area contributed by atoms with Gasteiger partial charge in [-0.05, 0) is 32.1 Å².